The van der Waals surface area contributed by atoms with Gasteiger partial charge in [-0.05, 0) is 56.0 Å². The van der Waals surface area contributed by atoms with Crippen LogP contribution in [-0.4, -0.2) is 27.7 Å². The van der Waals surface area contributed by atoms with Crippen LogP contribution < -0.4 is 5.32 Å². The summed E-state index contributed by atoms with van der Waals surface area (Å²) in [7, 11) is 0. The number of benzene rings is 1. The summed E-state index contributed by atoms with van der Waals surface area (Å²) in [5.41, 5.74) is 2.23. The third-order valence-corrected chi connectivity index (χ3v) is 4.78. The smallest absolute Gasteiger partial charge is 0.254 e. The number of carbonyl (C=O) groups excluding carboxylic acids is 2. The molecule has 1 aliphatic rings. The minimum atomic E-state index is -0.0558. The zero-order chi connectivity index (χ0) is 18.7. The Morgan fingerprint density at radius 2 is 2.04 bits per heavy atom. The van der Waals surface area contributed by atoms with Crippen LogP contribution in [0.1, 0.15) is 43.1 Å². The number of nitrogens with zero attached hydrogens (tertiary/aromatic N) is 2. The van der Waals surface area contributed by atoms with Crippen molar-refractivity contribution in [2.45, 2.75) is 39.8 Å². The van der Waals surface area contributed by atoms with Gasteiger partial charge in [0.05, 0.1) is 0 Å². The summed E-state index contributed by atoms with van der Waals surface area (Å²) in [6.07, 6.45) is 4.44. The molecule has 0 saturated heterocycles. The Morgan fingerprint density at radius 3 is 2.65 bits per heavy atom. The first-order chi connectivity index (χ1) is 12.5. The van der Waals surface area contributed by atoms with Gasteiger partial charge in [-0.15, -0.1) is 0 Å². The number of aromatic nitrogens is 1. The van der Waals surface area contributed by atoms with Crippen LogP contribution >= 0.6 is 0 Å². The van der Waals surface area contributed by atoms with Crippen LogP contribution in [-0.2, 0) is 11.3 Å². The van der Waals surface area contributed by atoms with Crippen molar-refractivity contribution in [1.82, 2.24) is 9.88 Å². The summed E-state index contributed by atoms with van der Waals surface area (Å²) in [5, 5.41) is 2.93. The number of hydrogen-bond donors (Lipinski definition) is 1. The van der Waals surface area contributed by atoms with Crippen LogP contribution in [0.15, 0.2) is 48.8 Å². The summed E-state index contributed by atoms with van der Waals surface area (Å²) in [6.45, 7) is 6.56. The quantitative estimate of drug-likeness (QED) is 0.862. The van der Waals surface area contributed by atoms with Gasteiger partial charge in [-0.25, -0.2) is 0 Å². The molecule has 0 aliphatic heterocycles. The number of pyridine rings is 1. The van der Waals surface area contributed by atoms with Crippen molar-refractivity contribution in [3.05, 3.63) is 59.9 Å². The molecule has 1 aliphatic carbocycles. The average molecular weight is 351 g/mol. The maximum atomic E-state index is 13.0. The lowest BCUT2D eigenvalue weighted by Gasteiger charge is -2.27. The minimum Gasteiger partial charge on any atom is -0.332 e. The average Bonchev–Trinajstić information content (AvgIpc) is 3.37. The van der Waals surface area contributed by atoms with E-state index in [4.69, 9.17) is 0 Å². The fourth-order valence-corrected chi connectivity index (χ4v) is 3.00. The number of rotatable bonds is 6. The summed E-state index contributed by atoms with van der Waals surface area (Å²) in [6, 6.07) is 11.1. The fourth-order valence-electron chi connectivity index (χ4n) is 3.00. The summed E-state index contributed by atoms with van der Waals surface area (Å²) >= 11 is 0. The van der Waals surface area contributed by atoms with E-state index in [9.17, 15) is 9.59 Å². The van der Waals surface area contributed by atoms with Crippen molar-refractivity contribution in [3.8, 4) is 0 Å². The van der Waals surface area contributed by atoms with E-state index in [1.165, 1.54) is 0 Å². The van der Waals surface area contributed by atoms with Gasteiger partial charge in [0.1, 0.15) is 0 Å². The highest BCUT2D eigenvalue weighted by atomic mass is 16.2. The second kappa shape index (κ2) is 7.68. The Kier molecular flexibility index (Phi) is 5.35. The molecule has 0 spiro atoms. The topological polar surface area (TPSA) is 62.3 Å². The van der Waals surface area contributed by atoms with E-state index in [1.54, 1.807) is 29.4 Å². The molecule has 1 N–H and O–H groups in total. The third-order valence-electron chi connectivity index (χ3n) is 4.78. The second-order valence-electron chi connectivity index (χ2n) is 7.28. The van der Waals surface area contributed by atoms with Gasteiger partial charge >= 0.3 is 0 Å². The van der Waals surface area contributed by atoms with Crippen LogP contribution in [0.4, 0.5) is 5.69 Å². The fraction of sp³-hybridized carbons (Fsp3) is 0.381. The molecule has 1 aromatic carbocycles. The van der Waals surface area contributed by atoms with Crippen LogP contribution in [0.25, 0.3) is 0 Å². The maximum Gasteiger partial charge on any atom is 0.254 e. The number of hydrogen-bond acceptors (Lipinski definition) is 3. The van der Waals surface area contributed by atoms with Crippen molar-refractivity contribution in [1.29, 1.82) is 0 Å². The molecule has 0 bridgehead atoms. The van der Waals surface area contributed by atoms with Crippen molar-refractivity contribution in [2.75, 3.05) is 5.32 Å². The zero-order valence-corrected chi connectivity index (χ0v) is 15.5. The SMILES string of the molecule is CC(C)N(Cc1cccnc1)C(=O)c1cccc(NC(=O)[C@H]2C[C@H]2C)c1. The Morgan fingerprint density at radius 1 is 1.27 bits per heavy atom. The van der Waals surface area contributed by atoms with Gasteiger partial charge in [0.25, 0.3) is 5.91 Å². The van der Waals surface area contributed by atoms with Gasteiger partial charge in [0.15, 0.2) is 0 Å². The second-order valence-corrected chi connectivity index (χ2v) is 7.28. The zero-order valence-electron chi connectivity index (χ0n) is 15.5. The molecule has 1 heterocycles. The van der Waals surface area contributed by atoms with Crippen molar-refractivity contribution in [2.24, 2.45) is 11.8 Å². The molecule has 136 valence electrons. The molecule has 2 amide bonds. The Bertz CT molecular complexity index is 789. The number of anilines is 1. The van der Waals surface area contributed by atoms with Gasteiger partial charge in [-0.1, -0.05) is 19.1 Å². The molecule has 26 heavy (non-hydrogen) atoms. The first-order valence-corrected chi connectivity index (χ1v) is 9.06. The Hall–Kier alpha value is -2.69. The predicted octanol–water partition coefficient (Wildman–Crippen LogP) is 3.73. The van der Waals surface area contributed by atoms with Crippen molar-refractivity contribution >= 4 is 17.5 Å². The largest absolute Gasteiger partial charge is 0.332 e. The number of amides is 2. The Labute approximate surface area is 154 Å². The van der Waals surface area contributed by atoms with Crippen molar-refractivity contribution < 1.29 is 9.59 Å². The highest BCUT2D eigenvalue weighted by molar-refractivity contribution is 5.98. The molecule has 5 nitrogen and oxygen atoms in total. The molecule has 5 heteroatoms. The van der Waals surface area contributed by atoms with E-state index in [0.717, 1.165) is 12.0 Å². The first kappa shape index (κ1) is 18.1. The van der Waals surface area contributed by atoms with Crippen LogP contribution in [0.2, 0.25) is 0 Å². The predicted molar refractivity (Wildman–Crippen MR) is 102 cm³/mol. The molecule has 0 radical (unpaired) electrons. The summed E-state index contributed by atoms with van der Waals surface area (Å²) < 4.78 is 0. The van der Waals surface area contributed by atoms with Crippen molar-refractivity contribution in [3.63, 3.8) is 0 Å². The molecule has 1 saturated carbocycles. The van der Waals surface area contributed by atoms with Gasteiger partial charge in [-0.3, -0.25) is 14.6 Å². The maximum absolute atomic E-state index is 13.0. The molecule has 1 fully saturated rings. The number of carbonyl (C=O) groups is 2. The molecular formula is C21H25N3O2. The molecular weight excluding hydrogens is 326 g/mol. The molecule has 1 aromatic heterocycles. The first-order valence-electron chi connectivity index (χ1n) is 9.06. The highest BCUT2D eigenvalue weighted by Crippen LogP contribution is 2.38. The number of nitrogens with one attached hydrogen (secondary N) is 1. The van der Waals surface area contributed by atoms with E-state index in [-0.39, 0.29) is 23.8 Å². The van der Waals surface area contributed by atoms with E-state index in [1.807, 2.05) is 38.1 Å². The van der Waals surface area contributed by atoms with E-state index in [2.05, 4.69) is 17.2 Å². The lowest BCUT2D eigenvalue weighted by atomic mass is 10.1. The highest BCUT2D eigenvalue weighted by Gasteiger charge is 2.39. The molecule has 0 unspecified atom stereocenters. The third kappa shape index (κ3) is 4.28. The van der Waals surface area contributed by atoms with Gasteiger partial charge in [0.2, 0.25) is 5.91 Å². The van der Waals surface area contributed by atoms with Gasteiger partial charge < -0.3 is 10.2 Å². The summed E-state index contributed by atoms with van der Waals surface area (Å²) in [4.78, 5) is 31.1. The van der Waals surface area contributed by atoms with Crippen LogP contribution in [0, 0.1) is 11.8 Å². The normalized spacial score (nSPS) is 18.5. The van der Waals surface area contributed by atoms with Crippen LogP contribution in [0.3, 0.4) is 0 Å². The van der Waals surface area contributed by atoms with E-state index < -0.39 is 0 Å². The molecule has 2 atom stereocenters. The molecule has 3 rings (SSSR count). The minimum absolute atomic E-state index is 0.0400. The lowest BCUT2D eigenvalue weighted by molar-refractivity contribution is -0.117. The Balaban J connectivity index is 1.74. The van der Waals surface area contributed by atoms with Gasteiger partial charge in [0, 0.05) is 42.1 Å². The van der Waals surface area contributed by atoms with E-state index >= 15 is 0 Å². The van der Waals surface area contributed by atoms with E-state index in [0.29, 0.717) is 23.7 Å². The monoisotopic (exact) mass is 351 g/mol. The van der Waals surface area contributed by atoms with Gasteiger partial charge in [-0.2, -0.15) is 0 Å². The van der Waals surface area contributed by atoms with Crippen LogP contribution in [0.5, 0.6) is 0 Å². The summed E-state index contributed by atoms with van der Waals surface area (Å²) in [5.74, 6) is 0.542. The molecule has 2 aromatic rings. The lowest BCUT2D eigenvalue weighted by Crippen LogP contribution is -2.36. The standard InChI is InChI=1S/C21H25N3O2/c1-14(2)24(13-16-6-5-9-22-12-16)21(26)17-7-4-8-18(11-17)23-20(25)19-10-15(19)3/h4-9,11-12,14-15,19H,10,13H2,1-3H3,(H,23,25)/t15-,19+/m1/s1.